The lowest BCUT2D eigenvalue weighted by molar-refractivity contribution is -0.146. The zero-order valence-corrected chi connectivity index (χ0v) is 11.0. The van der Waals surface area contributed by atoms with Crippen LogP contribution in [0.5, 0.6) is 0 Å². The minimum atomic E-state index is -0.810. The van der Waals surface area contributed by atoms with E-state index in [9.17, 15) is 14.7 Å². The largest absolute Gasteiger partial charge is 0.481 e. The molecule has 0 aromatic heterocycles. The summed E-state index contributed by atoms with van der Waals surface area (Å²) in [5.41, 5.74) is 0. The first-order chi connectivity index (χ1) is 8.61. The smallest absolute Gasteiger partial charge is 0.307 e. The quantitative estimate of drug-likeness (QED) is 0.788. The Morgan fingerprint density at radius 2 is 1.83 bits per heavy atom. The Balaban J connectivity index is 1.87. The van der Waals surface area contributed by atoms with Crippen LogP contribution in [-0.2, 0) is 9.59 Å². The molecule has 4 nitrogen and oxygen atoms in total. The highest BCUT2D eigenvalue weighted by molar-refractivity contribution is 5.85. The Hall–Kier alpha value is -1.06. The first-order valence-corrected chi connectivity index (χ1v) is 7.12. The fraction of sp³-hybridized carbons (Fsp3) is 0.857. The standard InChI is InChI=1S/C14H23NO3/c1-2-9-6-11(12(7-9)14(17)18)13(16)15-8-10-4-3-5-10/h9-12H,2-8H2,1H3,(H,15,16)(H,17,18)/t9?,11-,12+/m0/s1. The predicted octanol–water partition coefficient (Wildman–Crippen LogP) is 2.04. The van der Waals surface area contributed by atoms with Crippen molar-refractivity contribution in [3.05, 3.63) is 0 Å². The van der Waals surface area contributed by atoms with Crippen LogP contribution < -0.4 is 5.32 Å². The summed E-state index contributed by atoms with van der Waals surface area (Å²) in [5.74, 6) is -0.616. The van der Waals surface area contributed by atoms with Crippen molar-refractivity contribution in [2.45, 2.75) is 45.4 Å². The molecule has 3 atom stereocenters. The number of carboxylic acids is 1. The molecule has 1 unspecified atom stereocenters. The second-order valence-electron chi connectivity index (χ2n) is 5.84. The van der Waals surface area contributed by atoms with Gasteiger partial charge in [-0.15, -0.1) is 0 Å². The number of nitrogens with one attached hydrogen (secondary N) is 1. The zero-order valence-electron chi connectivity index (χ0n) is 11.0. The van der Waals surface area contributed by atoms with Gasteiger partial charge in [-0.3, -0.25) is 9.59 Å². The first kappa shape index (κ1) is 13.4. The normalized spacial score (nSPS) is 31.9. The van der Waals surface area contributed by atoms with Gasteiger partial charge in [0.15, 0.2) is 0 Å². The predicted molar refractivity (Wildman–Crippen MR) is 68.0 cm³/mol. The Morgan fingerprint density at radius 1 is 1.17 bits per heavy atom. The summed E-state index contributed by atoms with van der Waals surface area (Å²) >= 11 is 0. The number of amides is 1. The third-order valence-electron chi connectivity index (χ3n) is 4.68. The number of carboxylic acid groups (broad SMARTS) is 1. The van der Waals surface area contributed by atoms with Gasteiger partial charge in [-0.25, -0.2) is 0 Å². The average molecular weight is 253 g/mol. The maximum Gasteiger partial charge on any atom is 0.307 e. The van der Waals surface area contributed by atoms with E-state index in [0.29, 0.717) is 18.3 Å². The molecule has 0 aromatic rings. The lowest BCUT2D eigenvalue weighted by Crippen LogP contribution is -2.39. The fourth-order valence-corrected chi connectivity index (χ4v) is 3.11. The van der Waals surface area contributed by atoms with Crippen LogP contribution in [0.4, 0.5) is 0 Å². The topological polar surface area (TPSA) is 66.4 Å². The van der Waals surface area contributed by atoms with E-state index >= 15 is 0 Å². The van der Waals surface area contributed by atoms with Crippen LogP contribution in [0.2, 0.25) is 0 Å². The molecule has 0 radical (unpaired) electrons. The van der Waals surface area contributed by atoms with Gasteiger partial charge in [0.1, 0.15) is 0 Å². The minimum Gasteiger partial charge on any atom is -0.481 e. The van der Waals surface area contributed by atoms with Crippen molar-refractivity contribution in [2.75, 3.05) is 6.54 Å². The summed E-state index contributed by atoms with van der Waals surface area (Å²) < 4.78 is 0. The van der Waals surface area contributed by atoms with Gasteiger partial charge in [0.25, 0.3) is 0 Å². The molecule has 2 aliphatic rings. The van der Waals surface area contributed by atoms with Gasteiger partial charge in [-0.2, -0.15) is 0 Å². The van der Waals surface area contributed by atoms with Gasteiger partial charge in [0, 0.05) is 6.54 Å². The molecule has 2 fully saturated rings. The van der Waals surface area contributed by atoms with Gasteiger partial charge in [0.2, 0.25) is 5.91 Å². The van der Waals surface area contributed by atoms with Crippen LogP contribution in [0.25, 0.3) is 0 Å². The third kappa shape index (κ3) is 2.85. The second kappa shape index (κ2) is 5.72. The van der Waals surface area contributed by atoms with E-state index in [2.05, 4.69) is 12.2 Å². The Bertz CT molecular complexity index is 325. The van der Waals surface area contributed by atoms with Gasteiger partial charge in [-0.05, 0) is 37.5 Å². The van der Waals surface area contributed by atoms with Crippen molar-refractivity contribution in [3.8, 4) is 0 Å². The van der Waals surface area contributed by atoms with Crippen LogP contribution in [0.3, 0.4) is 0 Å². The second-order valence-corrected chi connectivity index (χ2v) is 5.84. The molecule has 102 valence electrons. The summed E-state index contributed by atoms with van der Waals surface area (Å²) in [4.78, 5) is 23.3. The Kier molecular flexibility index (Phi) is 4.25. The highest BCUT2D eigenvalue weighted by Crippen LogP contribution is 2.38. The summed E-state index contributed by atoms with van der Waals surface area (Å²) in [6.45, 7) is 2.80. The highest BCUT2D eigenvalue weighted by atomic mass is 16.4. The van der Waals surface area contributed by atoms with E-state index < -0.39 is 11.9 Å². The van der Waals surface area contributed by atoms with E-state index in [1.807, 2.05) is 0 Å². The van der Waals surface area contributed by atoms with Gasteiger partial charge >= 0.3 is 5.97 Å². The monoisotopic (exact) mass is 253 g/mol. The average Bonchev–Trinajstić information content (AvgIpc) is 2.70. The fourth-order valence-electron chi connectivity index (χ4n) is 3.11. The summed E-state index contributed by atoms with van der Waals surface area (Å²) in [5, 5.41) is 12.2. The summed E-state index contributed by atoms with van der Waals surface area (Å²) in [6, 6.07) is 0. The molecular weight excluding hydrogens is 230 g/mol. The van der Waals surface area contributed by atoms with E-state index in [4.69, 9.17) is 0 Å². The van der Waals surface area contributed by atoms with Gasteiger partial charge in [-0.1, -0.05) is 19.8 Å². The lowest BCUT2D eigenvalue weighted by Gasteiger charge is -2.26. The molecule has 0 heterocycles. The molecule has 0 spiro atoms. The lowest BCUT2D eigenvalue weighted by atomic mass is 9.85. The molecule has 4 heteroatoms. The van der Waals surface area contributed by atoms with Gasteiger partial charge < -0.3 is 10.4 Å². The minimum absolute atomic E-state index is 0.0368. The number of hydrogen-bond donors (Lipinski definition) is 2. The molecule has 18 heavy (non-hydrogen) atoms. The first-order valence-electron chi connectivity index (χ1n) is 7.12. The van der Waals surface area contributed by atoms with Crippen molar-refractivity contribution < 1.29 is 14.7 Å². The van der Waals surface area contributed by atoms with Crippen LogP contribution >= 0.6 is 0 Å². The van der Waals surface area contributed by atoms with Crippen LogP contribution in [-0.4, -0.2) is 23.5 Å². The van der Waals surface area contributed by atoms with Crippen molar-refractivity contribution in [1.82, 2.24) is 5.32 Å². The van der Waals surface area contributed by atoms with Crippen molar-refractivity contribution in [3.63, 3.8) is 0 Å². The number of carbonyl (C=O) groups is 2. The van der Waals surface area contributed by atoms with Crippen LogP contribution in [0, 0.1) is 23.7 Å². The maximum absolute atomic E-state index is 12.1. The van der Waals surface area contributed by atoms with Crippen molar-refractivity contribution in [2.24, 2.45) is 23.7 Å². The third-order valence-corrected chi connectivity index (χ3v) is 4.68. The van der Waals surface area contributed by atoms with Crippen LogP contribution in [0.1, 0.15) is 45.4 Å². The van der Waals surface area contributed by atoms with Gasteiger partial charge in [0.05, 0.1) is 11.8 Å². The molecule has 2 saturated carbocycles. The molecule has 0 aliphatic heterocycles. The number of rotatable bonds is 5. The van der Waals surface area contributed by atoms with E-state index in [-0.39, 0.29) is 11.8 Å². The molecule has 0 saturated heterocycles. The van der Waals surface area contributed by atoms with E-state index in [0.717, 1.165) is 19.4 Å². The maximum atomic E-state index is 12.1. The summed E-state index contributed by atoms with van der Waals surface area (Å²) in [7, 11) is 0. The SMILES string of the molecule is CCC1C[C@H](C(=O)NCC2CCC2)[C@H](C(=O)O)C1. The van der Waals surface area contributed by atoms with E-state index in [1.54, 1.807) is 0 Å². The zero-order chi connectivity index (χ0) is 13.1. The highest BCUT2D eigenvalue weighted by Gasteiger charge is 2.42. The van der Waals surface area contributed by atoms with Crippen LogP contribution in [0.15, 0.2) is 0 Å². The van der Waals surface area contributed by atoms with Crippen molar-refractivity contribution in [1.29, 1.82) is 0 Å². The van der Waals surface area contributed by atoms with Crippen molar-refractivity contribution >= 4 is 11.9 Å². The molecule has 2 N–H and O–H groups in total. The molecule has 2 rings (SSSR count). The molecular formula is C14H23NO3. The number of aliphatic carboxylic acids is 1. The molecule has 0 aromatic carbocycles. The van der Waals surface area contributed by atoms with E-state index in [1.165, 1.54) is 19.3 Å². The molecule has 2 aliphatic carbocycles. The Morgan fingerprint density at radius 3 is 2.33 bits per heavy atom. The molecule has 0 bridgehead atoms. The Labute approximate surface area is 108 Å². The number of carbonyl (C=O) groups excluding carboxylic acids is 1. The summed E-state index contributed by atoms with van der Waals surface area (Å²) in [6.07, 6.45) is 6.03. The molecule has 1 amide bonds. The number of hydrogen-bond acceptors (Lipinski definition) is 2.